The van der Waals surface area contributed by atoms with Gasteiger partial charge in [0.05, 0.1) is 23.7 Å². The van der Waals surface area contributed by atoms with E-state index in [0.717, 1.165) is 42.7 Å². The summed E-state index contributed by atoms with van der Waals surface area (Å²) >= 11 is 0. The van der Waals surface area contributed by atoms with Crippen LogP contribution < -0.4 is 0 Å². The molecule has 0 amide bonds. The first-order valence-electron chi connectivity index (χ1n) is 11.1. The predicted molar refractivity (Wildman–Crippen MR) is 126 cm³/mol. The third kappa shape index (κ3) is 3.80. The van der Waals surface area contributed by atoms with Gasteiger partial charge in [-0.2, -0.15) is 0 Å². The number of aromatic nitrogens is 2. The predicted octanol–water partition coefficient (Wildman–Crippen LogP) is 5.15. The minimum atomic E-state index is -0.271. The van der Waals surface area contributed by atoms with Gasteiger partial charge in [0.1, 0.15) is 6.33 Å². The van der Waals surface area contributed by atoms with Crippen molar-refractivity contribution >= 4 is 17.0 Å². The van der Waals surface area contributed by atoms with Gasteiger partial charge < -0.3 is 4.74 Å². The monoisotopic (exact) mass is 425 g/mol. The highest BCUT2D eigenvalue weighted by Crippen LogP contribution is 2.28. The molecule has 4 aromatic rings. The molecular formula is C27H27N3O2. The number of carbonyl (C=O) groups excluding carboxylic acids is 1. The zero-order valence-electron chi connectivity index (χ0n) is 18.5. The van der Waals surface area contributed by atoms with Gasteiger partial charge in [0, 0.05) is 24.8 Å². The summed E-state index contributed by atoms with van der Waals surface area (Å²) < 4.78 is 7.04. The number of benzene rings is 3. The third-order valence-electron chi connectivity index (χ3n) is 6.47. The Morgan fingerprint density at radius 2 is 1.94 bits per heavy atom. The molecule has 0 saturated carbocycles. The summed E-state index contributed by atoms with van der Waals surface area (Å²) in [5, 5.41) is 0. The van der Waals surface area contributed by atoms with Gasteiger partial charge in [0.25, 0.3) is 0 Å². The van der Waals surface area contributed by atoms with Crippen LogP contribution in [0.25, 0.3) is 16.7 Å². The van der Waals surface area contributed by atoms with Crippen LogP contribution in [-0.4, -0.2) is 33.6 Å². The van der Waals surface area contributed by atoms with Crippen molar-refractivity contribution in [3.05, 3.63) is 95.3 Å². The van der Waals surface area contributed by atoms with E-state index in [9.17, 15) is 4.79 Å². The zero-order chi connectivity index (χ0) is 22.1. The molecule has 0 saturated heterocycles. The Labute approximate surface area is 188 Å². The van der Waals surface area contributed by atoms with Crippen LogP contribution in [0.2, 0.25) is 0 Å². The summed E-state index contributed by atoms with van der Waals surface area (Å²) in [4.78, 5) is 19.0. The van der Waals surface area contributed by atoms with Crippen molar-refractivity contribution in [1.29, 1.82) is 0 Å². The minimum Gasteiger partial charge on any atom is -0.465 e. The lowest BCUT2D eigenvalue weighted by atomic mass is 9.90. The number of rotatable bonds is 5. The first-order valence-corrected chi connectivity index (χ1v) is 11.1. The molecule has 5 rings (SSSR count). The highest BCUT2D eigenvalue weighted by atomic mass is 16.5. The minimum absolute atomic E-state index is 0.271. The molecular weight excluding hydrogens is 398 g/mol. The van der Waals surface area contributed by atoms with E-state index in [2.05, 4.69) is 57.8 Å². The molecule has 0 aliphatic carbocycles. The van der Waals surface area contributed by atoms with Crippen molar-refractivity contribution in [2.24, 2.45) is 0 Å². The first-order chi connectivity index (χ1) is 15.7. The highest BCUT2D eigenvalue weighted by Gasteiger charge is 2.26. The number of nitrogens with zero attached hydrogens (tertiary/aromatic N) is 3. The van der Waals surface area contributed by atoms with Crippen molar-refractivity contribution < 1.29 is 9.53 Å². The highest BCUT2D eigenvalue weighted by molar-refractivity contribution is 5.89. The van der Waals surface area contributed by atoms with Crippen molar-refractivity contribution in [3.8, 4) is 5.69 Å². The molecule has 5 nitrogen and oxygen atoms in total. The Hall–Kier alpha value is -3.44. The van der Waals surface area contributed by atoms with Gasteiger partial charge in [-0.05, 0) is 65.9 Å². The maximum Gasteiger partial charge on any atom is 0.337 e. The number of carbonyl (C=O) groups is 1. The SMILES string of the molecule is CCC1Cc2cc(C(=O)OC)ccc2CN1Cc1cccc(-n2cnc3ccccc32)c1. The van der Waals surface area contributed by atoms with Crippen LogP contribution in [0.3, 0.4) is 0 Å². The molecule has 0 spiro atoms. The lowest BCUT2D eigenvalue weighted by molar-refractivity contribution is 0.0600. The standard InChI is InChI=1S/C27H27N3O2/c1-3-23-15-22-14-20(27(31)32-2)11-12-21(22)17-29(23)16-19-7-6-8-24(13-19)30-18-28-25-9-4-5-10-26(25)30/h4-14,18,23H,3,15-17H2,1-2H3. The number of methoxy groups -OCH3 is 1. The molecule has 2 heterocycles. The number of hydrogen-bond donors (Lipinski definition) is 0. The normalized spacial score (nSPS) is 16.1. The summed E-state index contributed by atoms with van der Waals surface area (Å²) in [5.41, 5.74) is 7.72. The molecule has 0 fully saturated rings. The molecule has 1 aliphatic heterocycles. The summed E-state index contributed by atoms with van der Waals surface area (Å²) in [6.07, 6.45) is 3.91. The van der Waals surface area contributed by atoms with Crippen LogP contribution in [0.15, 0.2) is 73.1 Å². The Morgan fingerprint density at radius 1 is 1.06 bits per heavy atom. The Kier molecular flexibility index (Phi) is 5.50. The van der Waals surface area contributed by atoms with Crippen LogP contribution in [0.4, 0.5) is 0 Å². The van der Waals surface area contributed by atoms with Crippen LogP contribution in [0.1, 0.15) is 40.4 Å². The Balaban J connectivity index is 1.40. The molecule has 0 N–H and O–H groups in total. The number of para-hydroxylation sites is 2. The molecule has 3 aromatic carbocycles. The average Bonchev–Trinajstić information content (AvgIpc) is 3.27. The zero-order valence-corrected chi connectivity index (χ0v) is 18.5. The van der Waals surface area contributed by atoms with Crippen LogP contribution in [-0.2, 0) is 24.2 Å². The van der Waals surface area contributed by atoms with Crippen molar-refractivity contribution in [1.82, 2.24) is 14.5 Å². The number of fused-ring (bicyclic) bond motifs is 2. The topological polar surface area (TPSA) is 47.4 Å². The summed E-state index contributed by atoms with van der Waals surface area (Å²) in [6, 6.07) is 23.3. The molecule has 1 atom stereocenters. The maximum atomic E-state index is 11.9. The molecule has 1 unspecified atom stereocenters. The van der Waals surface area contributed by atoms with Gasteiger partial charge in [0.2, 0.25) is 0 Å². The van der Waals surface area contributed by atoms with E-state index in [1.807, 2.05) is 36.7 Å². The van der Waals surface area contributed by atoms with Crippen LogP contribution >= 0.6 is 0 Å². The van der Waals surface area contributed by atoms with E-state index in [0.29, 0.717) is 11.6 Å². The third-order valence-corrected chi connectivity index (χ3v) is 6.47. The van der Waals surface area contributed by atoms with Gasteiger partial charge >= 0.3 is 5.97 Å². The summed E-state index contributed by atoms with van der Waals surface area (Å²) in [6.45, 7) is 4.01. The fraction of sp³-hybridized carbons (Fsp3) is 0.259. The van der Waals surface area contributed by atoms with E-state index in [1.54, 1.807) is 0 Å². The van der Waals surface area contributed by atoms with Crippen LogP contribution in [0.5, 0.6) is 0 Å². The molecule has 5 heteroatoms. The first kappa shape index (κ1) is 20.5. The van der Waals surface area contributed by atoms with Gasteiger partial charge in [-0.15, -0.1) is 0 Å². The smallest absolute Gasteiger partial charge is 0.337 e. The lowest BCUT2D eigenvalue weighted by Gasteiger charge is -2.37. The second kappa shape index (κ2) is 8.60. The largest absolute Gasteiger partial charge is 0.465 e. The molecule has 32 heavy (non-hydrogen) atoms. The van der Waals surface area contributed by atoms with Crippen molar-refractivity contribution in [3.63, 3.8) is 0 Å². The number of hydrogen-bond acceptors (Lipinski definition) is 4. The quantitative estimate of drug-likeness (QED) is 0.415. The summed E-state index contributed by atoms with van der Waals surface area (Å²) in [5.74, 6) is -0.271. The number of imidazole rings is 1. The van der Waals surface area contributed by atoms with E-state index in [4.69, 9.17) is 4.74 Å². The Bertz CT molecular complexity index is 1280. The molecule has 1 aromatic heterocycles. The molecule has 1 aliphatic rings. The van der Waals surface area contributed by atoms with E-state index < -0.39 is 0 Å². The van der Waals surface area contributed by atoms with Gasteiger partial charge in [-0.3, -0.25) is 9.47 Å². The molecule has 162 valence electrons. The Morgan fingerprint density at radius 3 is 2.78 bits per heavy atom. The van der Waals surface area contributed by atoms with Gasteiger partial charge in [-0.1, -0.05) is 37.3 Å². The average molecular weight is 426 g/mol. The molecule has 0 radical (unpaired) electrons. The van der Waals surface area contributed by atoms with E-state index in [-0.39, 0.29) is 5.97 Å². The van der Waals surface area contributed by atoms with Crippen LogP contribution in [0, 0.1) is 0 Å². The van der Waals surface area contributed by atoms with Crippen molar-refractivity contribution in [2.75, 3.05) is 7.11 Å². The van der Waals surface area contributed by atoms with E-state index >= 15 is 0 Å². The number of ether oxygens (including phenoxy) is 1. The number of esters is 1. The molecule has 0 bridgehead atoms. The van der Waals surface area contributed by atoms with Gasteiger partial charge in [-0.25, -0.2) is 9.78 Å². The fourth-order valence-corrected chi connectivity index (χ4v) is 4.74. The second-order valence-corrected chi connectivity index (χ2v) is 8.42. The van der Waals surface area contributed by atoms with Crippen molar-refractivity contribution in [2.45, 2.75) is 38.9 Å². The lowest BCUT2D eigenvalue weighted by Crippen LogP contribution is -2.39. The second-order valence-electron chi connectivity index (χ2n) is 8.42. The fourth-order valence-electron chi connectivity index (χ4n) is 4.74. The van der Waals surface area contributed by atoms with Gasteiger partial charge in [0.15, 0.2) is 0 Å². The summed E-state index contributed by atoms with van der Waals surface area (Å²) in [7, 11) is 1.43. The maximum absolute atomic E-state index is 11.9. The van der Waals surface area contributed by atoms with E-state index in [1.165, 1.54) is 23.8 Å².